The number of hydrogen-bond donors (Lipinski definition) is 1. The van der Waals surface area contributed by atoms with Gasteiger partial charge >= 0.3 is 0 Å². The standard InChI is InChI=1S/C22H25N3O2/c1-17(8-9-18-6-4-3-5-7-18)24-22(26)19-10-12-20(13-11-19)27-16-21-23-14-15-25(21)2/h3-7,10-15,17H,8-9,16H2,1-2H3,(H,24,26). The molecule has 0 bridgehead atoms. The molecule has 1 aromatic heterocycles. The van der Waals surface area contributed by atoms with Crippen LogP contribution >= 0.6 is 0 Å². The van der Waals surface area contributed by atoms with E-state index in [9.17, 15) is 4.79 Å². The zero-order valence-corrected chi connectivity index (χ0v) is 15.8. The number of benzene rings is 2. The second kappa shape index (κ2) is 9.03. The summed E-state index contributed by atoms with van der Waals surface area (Å²) in [4.78, 5) is 16.6. The second-order valence-corrected chi connectivity index (χ2v) is 6.67. The zero-order valence-electron chi connectivity index (χ0n) is 15.8. The van der Waals surface area contributed by atoms with Gasteiger partial charge in [0.25, 0.3) is 5.91 Å². The van der Waals surface area contributed by atoms with Gasteiger partial charge in [-0.3, -0.25) is 4.79 Å². The van der Waals surface area contributed by atoms with Crippen molar-refractivity contribution >= 4 is 5.91 Å². The van der Waals surface area contributed by atoms with Crippen LogP contribution in [0.25, 0.3) is 0 Å². The lowest BCUT2D eigenvalue weighted by Gasteiger charge is -2.14. The number of rotatable bonds is 8. The van der Waals surface area contributed by atoms with Crippen molar-refractivity contribution in [2.75, 3.05) is 0 Å². The minimum Gasteiger partial charge on any atom is -0.486 e. The molecule has 27 heavy (non-hydrogen) atoms. The van der Waals surface area contributed by atoms with Gasteiger partial charge in [0.1, 0.15) is 18.2 Å². The maximum Gasteiger partial charge on any atom is 0.251 e. The van der Waals surface area contributed by atoms with E-state index in [1.165, 1.54) is 5.56 Å². The summed E-state index contributed by atoms with van der Waals surface area (Å²) >= 11 is 0. The number of nitrogens with zero attached hydrogens (tertiary/aromatic N) is 2. The molecule has 0 saturated carbocycles. The highest BCUT2D eigenvalue weighted by atomic mass is 16.5. The maximum atomic E-state index is 12.4. The second-order valence-electron chi connectivity index (χ2n) is 6.67. The third-order valence-electron chi connectivity index (χ3n) is 4.49. The number of nitrogens with one attached hydrogen (secondary N) is 1. The molecule has 140 valence electrons. The lowest BCUT2D eigenvalue weighted by molar-refractivity contribution is 0.0938. The smallest absolute Gasteiger partial charge is 0.251 e. The molecule has 0 spiro atoms. The van der Waals surface area contributed by atoms with Crippen molar-refractivity contribution < 1.29 is 9.53 Å². The number of aryl methyl sites for hydroxylation is 2. The van der Waals surface area contributed by atoms with Crippen LogP contribution in [0.15, 0.2) is 67.0 Å². The maximum absolute atomic E-state index is 12.4. The summed E-state index contributed by atoms with van der Waals surface area (Å²) in [6, 6.07) is 17.6. The average Bonchev–Trinajstić information content (AvgIpc) is 3.11. The van der Waals surface area contributed by atoms with Crippen molar-refractivity contribution in [3.05, 3.63) is 83.9 Å². The minimum absolute atomic E-state index is 0.0637. The number of amides is 1. The number of aromatic nitrogens is 2. The Hall–Kier alpha value is -3.08. The number of ether oxygens (including phenoxy) is 1. The molecule has 0 aliphatic rings. The van der Waals surface area contributed by atoms with Crippen LogP contribution in [-0.4, -0.2) is 21.5 Å². The molecule has 0 aliphatic heterocycles. The molecule has 2 aromatic carbocycles. The first-order valence-electron chi connectivity index (χ1n) is 9.15. The first-order valence-corrected chi connectivity index (χ1v) is 9.15. The van der Waals surface area contributed by atoms with E-state index in [1.807, 2.05) is 55.1 Å². The first-order chi connectivity index (χ1) is 13.1. The summed E-state index contributed by atoms with van der Waals surface area (Å²) in [6.07, 6.45) is 5.47. The van der Waals surface area contributed by atoms with Gasteiger partial charge in [-0.05, 0) is 49.6 Å². The van der Waals surface area contributed by atoms with E-state index < -0.39 is 0 Å². The van der Waals surface area contributed by atoms with Crippen LogP contribution in [0.5, 0.6) is 5.75 Å². The van der Waals surface area contributed by atoms with E-state index in [4.69, 9.17) is 4.74 Å². The molecule has 0 radical (unpaired) electrons. The van der Waals surface area contributed by atoms with Gasteiger partial charge in [-0.15, -0.1) is 0 Å². The fourth-order valence-electron chi connectivity index (χ4n) is 2.79. The molecule has 1 amide bonds. The summed E-state index contributed by atoms with van der Waals surface area (Å²) in [5.74, 6) is 1.50. The monoisotopic (exact) mass is 363 g/mol. The quantitative estimate of drug-likeness (QED) is 0.663. The van der Waals surface area contributed by atoms with Gasteiger partial charge in [0.05, 0.1) is 0 Å². The highest BCUT2D eigenvalue weighted by Crippen LogP contribution is 2.14. The minimum atomic E-state index is -0.0637. The number of carbonyl (C=O) groups is 1. The molecule has 5 nitrogen and oxygen atoms in total. The molecule has 0 aliphatic carbocycles. The molecule has 5 heteroatoms. The molecule has 0 saturated heterocycles. The number of imidazole rings is 1. The van der Waals surface area contributed by atoms with Gasteiger partial charge in [-0.25, -0.2) is 4.98 Å². The van der Waals surface area contributed by atoms with Crippen LogP contribution in [0, 0.1) is 0 Å². The van der Waals surface area contributed by atoms with Crippen LogP contribution < -0.4 is 10.1 Å². The van der Waals surface area contributed by atoms with Crippen molar-refractivity contribution in [1.29, 1.82) is 0 Å². The van der Waals surface area contributed by atoms with Gasteiger partial charge < -0.3 is 14.6 Å². The van der Waals surface area contributed by atoms with E-state index in [0.717, 1.165) is 18.7 Å². The molecule has 3 aromatic rings. The van der Waals surface area contributed by atoms with Crippen LogP contribution in [-0.2, 0) is 20.1 Å². The third kappa shape index (κ3) is 5.45. The zero-order chi connectivity index (χ0) is 19.1. The summed E-state index contributed by atoms with van der Waals surface area (Å²) < 4.78 is 7.63. The molecular weight excluding hydrogens is 338 g/mol. The van der Waals surface area contributed by atoms with Crippen LogP contribution in [0.2, 0.25) is 0 Å². The van der Waals surface area contributed by atoms with E-state index in [0.29, 0.717) is 17.9 Å². The first kappa shape index (κ1) is 18.7. The Labute approximate surface area is 160 Å². The molecule has 1 N–H and O–H groups in total. The van der Waals surface area contributed by atoms with Crippen LogP contribution in [0.3, 0.4) is 0 Å². The largest absolute Gasteiger partial charge is 0.486 e. The Balaban J connectivity index is 1.47. The predicted molar refractivity (Wildman–Crippen MR) is 106 cm³/mol. The van der Waals surface area contributed by atoms with Crippen LogP contribution in [0.1, 0.15) is 35.1 Å². The molecular formula is C22H25N3O2. The van der Waals surface area contributed by atoms with Gasteiger partial charge in [0, 0.05) is 31.0 Å². The van der Waals surface area contributed by atoms with Gasteiger partial charge in [-0.2, -0.15) is 0 Å². The number of hydrogen-bond acceptors (Lipinski definition) is 3. The summed E-state index contributed by atoms with van der Waals surface area (Å²) in [5.41, 5.74) is 1.92. The molecule has 0 fully saturated rings. The summed E-state index contributed by atoms with van der Waals surface area (Å²) in [6.45, 7) is 2.43. The molecule has 3 rings (SSSR count). The third-order valence-corrected chi connectivity index (χ3v) is 4.49. The average molecular weight is 363 g/mol. The Bertz CT molecular complexity index is 857. The summed E-state index contributed by atoms with van der Waals surface area (Å²) in [7, 11) is 1.93. The molecule has 1 atom stereocenters. The van der Waals surface area contributed by atoms with E-state index in [2.05, 4.69) is 22.4 Å². The topological polar surface area (TPSA) is 56.1 Å². The van der Waals surface area contributed by atoms with Gasteiger partial charge in [0.2, 0.25) is 0 Å². The van der Waals surface area contributed by atoms with Crippen LogP contribution in [0.4, 0.5) is 0 Å². The van der Waals surface area contributed by atoms with E-state index >= 15 is 0 Å². The number of carbonyl (C=O) groups excluding carboxylic acids is 1. The lowest BCUT2D eigenvalue weighted by Crippen LogP contribution is -2.32. The molecule has 1 heterocycles. The van der Waals surface area contributed by atoms with Crippen molar-refractivity contribution in [2.45, 2.75) is 32.4 Å². The fraction of sp³-hybridized carbons (Fsp3) is 0.273. The Morgan fingerprint density at radius 1 is 1.15 bits per heavy atom. The van der Waals surface area contributed by atoms with Gasteiger partial charge in [0.15, 0.2) is 0 Å². The summed E-state index contributed by atoms with van der Waals surface area (Å²) in [5, 5.41) is 3.05. The molecule has 1 unspecified atom stereocenters. The lowest BCUT2D eigenvalue weighted by atomic mass is 10.1. The van der Waals surface area contributed by atoms with Crippen molar-refractivity contribution in [1.82, 2.24) is 14.9 Å². The van der Waals surface area contributed by atoms with Crippen molar-refractivity contribution in [3.8, 4) is 5.75 Å². The highest BCUT2D eigenvalue weighted by molar-refractivity contribution is 5.94. The Morgan fingerprint density at radius 3 is 2.56 bits per heavy atom. The van der Waals surface area contributed by atoms with E-state index in [-0.39, 0.29) is 11.9 Å². The SMILES string of the molecule is CC(CCc1ccccc1)NC(=O)c1ccc(OCc2nccn2C)cc1. The predicted octanol–water partition coefficient (Wildman–Crippen LogP) is 3.75. The Morgan fingerprint density at radius 2 is 1.89 bits per heavy atom. The Kier molecular flexibility index (Phi) is 6.26. The normalized spacial score (nSPS) is 11.8. The van der Waals surface area contributed by atoms with E-state index in [1.54, 1.807) is 18.3 Å². The highest BCUT2D eigenvalue weighted by Gasteiger charge is 2.10. The van der Waals surface area contributed by atoms with Gasteiger partial charge in [-0.1, -0.05) is 30.3 Å². The van der Waals surface area contributed by atoms with Crippen molar-refractivity contribution in [3.63, 3.8) is 0 Å². The van der Waals surface area contributed by atoms with Crippen molar-refractivity contribution in [2.24, 2.45) is 7.05 Å². The fourth-order valence-corrected chi connectivity index (χ4v) is 2.79.